The summed E-state index contributed by atoms with van der Waals surface area (Å²) in [5.41, 5.74) is 9.69. The van der Waals surface area contributed by atoms with Crippen LogP contribution in [-0.4, -0.2) is 16.4 Å². The number of anilines is 1. The number of carbonyl (C=O) groups excluding carboxylic acids is 2. The second-order valence-corrected chi connectivity index (χ2v) is 6.42. The lowest BCUT2D eigenvalue weighted by molar-refractivity contribution is -0.114. The second kappa shape index (κ2) is 6.61. The third-order valence-electron chi connectivity index (χ3n) is 4.63. The van der Waals surface area contributed by atoms with Gasteiger partial charge < -0.3 is 15.6 Å². The van der Waals surface area contributed by atoms with Crippen LogP contribution >= 0.6 is 0 Å². The fraction of sp³-hybridized carbons (Fsp3) is 0.0909. The second-order valence-electron chi connectivity index (χ2n) is 6.42. The molecule has 0 aliphatic heterocycles. The molecule has 1 aromatic heterocycles. The summed E-state index contributed by atoms with van der Waals surface area (Å²) in [6, 6.07) is 22.2. The van der Waals surface area contributed by atoms with E-state index >= 15 is 0 Å². The van der Waals surface area contributed by atoms with E-state index in [2.05, 4.69) is 16.0 Å². The number of benzene rings is 3. The number of nitrogens with two attached hydrogens (primary N) is 1. The van der Waals surface area contributed by atoms with Gasteiger partial charge in [0, 0.05) is 28.9 Å². The van der Waals surface area contributed by atoms with Gasteiger partial charge in [0.15, 0.2) is 0 Å². The Morgan fingerprint density at radius 1 is 1.04 bits per heavy atom. The van der Waals surface area contributed by atoms with Crippen LogP contribution in [0.3, 0.4) is 0 Å². The van der Waals surface area contributed by atoms with Crippen LogP contribution in [0.1, 0.15) is 22.8 Å². The van der Waals surface area contributed by atoms with E-state index in [0.717, 1.165) is 33.1 Å². The van der Waals surface area contributed by atoms with Gasteiger partial charge in [-0.25, -0.2) is 0 Å². The Labute approximate surface area is 156 Å². The summed E-state index contributed by atoms with van der Waals surface area (Å²) < 4.78 is 2.12. The molecule has 2 amide bonds. The van der Waals surface area contributed by atoms with Gasteiger partial charge in [-0.05, 0) is 35.9 Å². The first kappa shape index (κ1) is 16.8. The van der Waals surface area contributed by atoms with Crippen molar-refractivity contribution in [2.45, 2.75) is 13.5 Å². The number of rotatable bonds is 4. The number of amides is 2. The van der Waals surface area contributed by atoms with E-state index in [-0.39, 0.29) is 5.91 Å². The summed E-state index contributed by atoms with van der Waals surface area (Å²) in [4.78, 5) is 23.5. The van der Waals surface area contributed by atoms with E-state index in [1.165, 1.54) is 6.92 Å². The molecule has 0 saturated heterocycles. The number of fused-ring (bicyclic) bond motifs is 3. The van der Waals surface area contributed by atoms with Crippen LogP contribution in [-0.2, 0) is 11.3 Å². The summed E-state index contributed by atoms with van der Waals surface area (Å²) in [6.45, 7) is 2.03. The summed E-state index contributed by atoms with van der Waals surface area (Å²) in [6.07, 6.45) is 0. The lowest BCUT2D eigenvalue weighted by atomic mass is 10.1. The van der Waals surface area contributed by atoms with Crippen LogP contribution in [0.4, 0.5) is 5.69 Å². The van der Waals surface area contributed by atoms with E-state index in [9.17, 15) is 9.59 Å². The maximum absolute atomic E-state index is 12.0. The quantitative estimate of drug-likeness (QED) is 0.585. The third-order valence-corrected chi connectivity index (χ3v) is 4.63. The van der Waals surface area contributed by atoms with Gasteiger partial charge >= 0.3 is 0 Å². The van der Waals surface area contributed by atoms with Crippen LogP contribution in [0.15, 0.2) is 60.7 Å². The Morgan fingerprint density at radius 3 is 2.59 bits per heavy atom. The van der Waals surface area contributed by atoms with Gasteiger partial charge in [0.25, 0.3) is 0 Å². The molecular weight excluding hydrogens is 338 g/mol. The van der Waals surface area contributed by atoms with Crippen LogP contribution in [0.5, 0.6) is 0 Å². The highest BCUT2D eigenvalue weighted by Gasteiger charge is 2.17. The number of nitrogens with one attached hydrogen (secondary N) is 1. The fourth-order valence-corrected chi connectivity index (χ4v) is 3.53. The molecule has 0 saturated carbocycles. The fourth-order valence-electron chi connectivity index (χ4n) is 3.53. The minimum absolute atomic E-state index is 0.117. The van der Waals surface area contributed by atoms with Crippen LogP contribution < -0.4 is 11.1 Å². The predicted octanol–water partition coefficient (Wildman–Crippen LogP) is 3.70. The standard InChI is InChI=1S/C22H18N3O2/c1-14(26)24-18-10-4-2-7-15(18)13-25-19-11-5-3-8-16(19)21-17(22(23)27)9-6-12-20(21)25/h2-7,9-12H,13H2,1H3,(H2,23,27)(H,24,26). The molecule has 1 radical (unpaired) electrons. The first-order valence-electron chi connectivity index (χ1n) is 8.63. The summed E-state index contributed by atoms with van der Waals surface area (Å²) in [5.74, 6) is -0.579. The van der Waals surface area contributed by atoms with E-state index in [1.807, 2.05) is 54.6 Å². The Bertz CT molecular complexity index is 1190. The van der Waals surface area contributed by atoms with Gasteiger partial charge in [0.05, 0.1) is 17.6 Å². The normalized spacial score (nSPS) is 11.0. The molecule has 0 atom stereocenters. The molecule has 3 N–H and O–H groups in total. The summed E-state index contributed by atoms with van der Waals surface area (Å²) in [5, 5.41) is 4.54. The number of hydrogen-bond acceptors (Lipinski definition) is 2. The molecule has 133 valence electrons. The molecule has 4 aromatic rings. The maximum atomic E-state index is 12.0. The monoisotopic (exact) mass is 356 g/mol. The van der Waals surface area contributed by atoms with Gasteiger partial charge in [-0.1, -0.05) is 36.4 Å². The Hall–Kier alpha value is -3.60. The topological polar surface area (TPSA) is 77.1 Å². The van der Waals surface area contributed by atoms with Crippen molar-refractivity contribution < 1.29 is 9.59 Å². The van der Waals surface area contributed by atoms with Crippen molar-refractivity contribution in [2.75, 3.05) is 5.32 Å². The first-order chi connectivity index (χ1) is 13.1. The van der Waals surface area contributed by atoms with Crippen molar-refractivity contribution >= 4 is 39.3 Å². The average Bonchev–Trinajstić information content (AvgIpc) is 2.97. The van der Waals surface area contributed by atoms with Gasteiger partial charge in [-0.15, -0.1) is 0 Å². The number of carbonyl (C=O) groups is 2. The molecule has 27 heavy (non-hydrogen) atoms. The molecule has 0 aliphatic rings. The number of para-hydroxylation sites is 1. The van der Waals surface area contributed by atoms with Gasteiger partial charge in [0.2, 0.25) is 11.8 Å². The SMILES string of the molecule is CC(=O)Nc1ccccc1Cn1c2ccc[c]c2c2c(C(N)=O)cccc21. The summed E-state index contributed by atoms with van der Waals surface area (Å²) in [7, 11) is 0. The van der Waals surface area contributed by atoms with E-state index in [0.29, 0.717) is 12.1 Å². The van der Waals surface area contributed by atoms with Crippen molar-refractivity contribution in [3.63, 3.8) is 0 Å². The Morgan fingerprint density at radius 2 is 1.81 bits per heavy atom. The smallest absolute Gasteiger partial charge is 0.249 e. The Kier molecular flexibility index (Phi) is 4.12. The maximum Gasteiger partial charge on any atom is 0.249 e. The van der Waals surface area contributed by atoms with E-state index < -0.39 is 5.91 Å². The minimum Gasteiger partial charge on any atom is -0.366 e. The first-order valence-corrected chi connectivity index (χ1v) is 8.63. The van der Waals surface area contributed by atoms with Crippen molar-refractivity contribution in [3.05, 3.63) is 77.9 Å². The van der Waals surface area contributed by atoms with Crippen molar-refractivity contribution in [3.8, 4) is 0 Å². The molecule has 0 aliphatic carbocycles. The Balaban J connectivity index is 1.96. The predicted molar refractivity (Wildman–Crippen MR) is 107 cm³/mol. The van der Waals surface area contributed by atoms with Gasteiger partial charge in [-0.3, -0.25) is 9.59 Å². The van der Waals surface area contributed by atoms with Crippen LogP contribution in [0, 0.1) is 6.07 Å². The van der Waals surface area contributed by atoms with Crippen molar-refractivity contribution in [1.29, 1.82) is 0 Å². The zero-order valence-corrected chi connectivity index (χ0v) is 14.8. The number of aromatic nitrogens is 1. The molecule has 5 nitrogen and oxygen atoms in total. The molecule has 0 unspecified atom stereocenters. The highest BCUT2D eigenvalue weighted by atomic mass is 16.1. The van der Waals surface area contributed by atoms with E-state index in [1.54, 1.807) is 6.07 Å². The largest absolute Gasteiger partial charge is 0.366 e. The zero-order chi connectivity index (χ0) is 19.0. The van der Waals surface area contributed by atoms with E-state index in [4.69, 9.17) is 5.73 Å². The number of nitrogens with zero attached hydrogens (tertiary/aromatic N) is 1. The summed E-state index contributed by atoms with van der Waals surface area (Å²) >= 11 is 0. The zero-order valence-electron chi connectivity index (χ0n) is 14.8. The molecule has 3 aromatic carbocycles. The number of primary amides is 1. The van der Waals surface area contributed by atoms with Crippen molar-refractivity contribution in [2.24, 2.45) is 5.73 Å². The number of hydrogen-bond donors (Lipinski definition) is 2. The molecular formula is C22H18N3O2. The lowest BCUT2D eigenvalue weighted by Gasteiger charge is -2.13. The molecule has 0 bridgehead atoms. The van der Waals surface area contributed by atoms with Gasteiger partial charge in [-0.2, -0.15) is 0 Å². The van der Waals surface area contributed by atoms with Gasteiger partial charge in [0.1, 0.15) is 0 Å². The highest BCUT2D eigenvalue weighted by Crippen LogP contribution is 2.32. The van der Waals surface area contributed by atoms with Crippen LogP contribution in [0.25, 0.3) is 21.8 Å². The molecule has 0 spiro atoms. The third kappa shape index (κ3) is 2.93. The van der Waals surface area contributed by atoms with Crippen LogP contribution in [0.2, 0.25) is 0 Å². The molecule has 4 rings (SSSR count). The lowest BCUT2D eigenvalue weighted by Crippen LogP contribution is -2.11. The molecule has 0 fully saturated rings. The molecule has 5 heteroatoms. The minimum atomic E-state index is -0.462. The van der Waals surface area contributed by atoms with Crippen molar-refractivity contribution in [1.82, 2.24) is 4.57 Å². The molecule has 1 heterocycles. The highest BCUT2D eigenvalue weighted by molar-refractivity contribution is 6.17. The average molecular weight is 356 g/mol.